The summed E-state index contributed by atoms with van der Waals surface area (Å²) in [5, 5.41) is 13.0. The number of imidazole rings is 1. The molecule has 0 aliphatic carbocycles. The van der Waals surface area contributed by atoms with E-state index >= 15 is 0 Å². The summed E-state index contributed by atoms with van der Waals surface area (Å²) in [6.45, 7) is 4.82. The molecule has 0 amide bonds. The van der Waals surface area contributed by atoms with E-state index in [1.807, 2.05) is 35.4 Å². The number of rotatable bonds is 3. The number of fused-ring (bicyclic) bond motifs is 1. The number of aromatic nitrogens is 3. The van der Waals surface area contributed by atoms with Gasteiger partial charge in [-0.05, 0) is 26.2 Å². The van der Waals surface area contributed by atoms with Gasteiger partial charge in [0.25, 0.3) is 0 Å². The van der Waals surface area contributed by atoms with E-state index in [4.69, 9.17) is 10.4 Å². The maximum atomic E-state index is 8.57. The second-order valence-corrected chi connectivity index (χ2v) is 6.18. The van der Waals surface area contributed by atoms with Gasteiger partial charge in [-0.15, -0.1) is 11.8 Å². The van der Waals surface area contributed by atoms with Crippen LogP contribution in [0.25, 0.3) is 17.0 Å². The molecule has 1 aliphatic heterocycles. The van der Waals surface area contributed by atoms with Crippen LogP contribution in [0.5, 0.6) is 0 Å². The molecule has 2 aromatic heterocycles. The van der Waals surface area contributed by atoms with Crippen LogP contribution in [0.3, 0.4) is 0 Å². The van der Waals surface area contributed by atoms with Crippen LogP contribution < -0.4 is 21.5 Å². The lowest BCUT2D eigenvalue weighted by atomic mass is 10.1. The van der Waals surface area contributed by atoms with E-state index in [9.17, 15) is 0 Å². The number of nitrogens with zero attached hydrogens (tertiary/aromatic N) is 4. The molecule has 0 spiro atoms. The Morgan fingerprint density at radius 3 is 2.82 bits per heavy atom. The molecule has 2 N–H and O–H groups in total. The molecule has 116 valence electrons. The molecule has 3 rings (SSSR count). The number of nitrogens with one attached hydrogen (secondary N) is 2. The summed E-state index contributed by atoms with van der Waals surface area (Å²) in [5.74, 6) is 0. The Morgan fingerprint density at radius 1 is 1.45 bits per heavy atom. The molecule has 0 aromatic carbocycles. The van der Waals surface area contributed by atoms with Crippen molar-refractivity contribution in [1.82, 2.24) is 19.4 Å². The Hall–Kier alpha value is -2.02. The molecule has 7 heteroatoms. The van der Waals surface area contributed by atoms with Gasteiger partial charge in [0.05, 0.1) is 18.2 Å². The second-order valence-electron chi connectivity index (χ2n) is 5.26. The van der Waals surface area contributed by atoms with Gasteiger partial charge in [0.1, 0.15) is 11.0 Å². The van der Waals surface area contributed by atoms with Crippen molar-refractivity contribution in [2.75, 3.05) is 6.26 Å². The van der Waals surface area contributed by atoms with E-state index in [0.717, 1.165) is 27.7 Å². The standard InChI is InChI=1S/C15H20N6S/c1-5-21-13(16)11(12-7-17-8-20(12)3)6-10-9(2)18-15(22-4)19-14(10)21/h6-8,15-16,18H,5H2,1-4H3. The van der Waals surface area contributed by atoms with Gasteiger partial charge >= 0.3 is 0 Å². The van der Waals surface area contributed by atoms with Crippen LogP contribution in [0.4, 0.5) is 0 Å². The molecule has 0 bridgehead atoms. The van der Waals surface area contributed by atoms with E-state index in [1.165, 1.54) is 0 Å². The van der Waals surface area contributed by atoms with Gasteiger partial charge in [-0.25, -0.2) is 9.98 Å². The van der Waals surface area contributed by atoms with Gasteiger partial charge in [0.2, 0.25) is 0 Å². The molecule has 2 aromatic rings. The van der Waals surface area contributed by atoms with Crippen molar-refractivity contribution in [3.05, 3.63) is 34.8 Å². The van der Waals surface area contributed by atoms with E-state index in [2.05, 4.69) is 17.2 Å². The number of hydrogen-bond acceptors (Lipinski definition) is 5. The summed E-state index contributed by atoms with van der Waals surface area (Å²) in [4.78, 5) is 8.91. The van der Waals surface area contributed by atoms with Crippen LogP contribution in [0.2, 0.25) is 0 Å². The highest BCUT2D eigenvalue weighted by molar-refractivity contribution is 7.99. The van der Waals surface area contributed by atoms with Crippen LogP contribution in [-0.4, -0.2) is 25.9 Å². The van der Waals surface area contributed by atoms with Crippen molar-refractivity contribution in [3.63, 3.8) is 0 Å². The number of aryl methyl sites for hydroxylation is 1. The minimum absolute atomic E-state index is 0.00672. The first kappa shape index (κ1) is 14.9. The molecule has 1 unspecified atom stereocenters. The van der Waals surface area contributed by atoms with E-state index in [0.29, 0.717) is 12.0 Å². The molecule has 0 saturated heterocycles. The highest BCUT2D eigenvalue weighted by atomic mass is 32.2. The highest BCUT2D eigenvalue weighted by Crippen LogP contribution is 2.12. The summed E-state index contributed by atoms with van der Waals surface area (Å²) in [6.07, 6.45) is 5.59. The monoisotopic (exact) mass is 316 g/mol. The fourth-order valence-electron chi connectivity index (χ4n) is 2.73. The summed E-state index contributed by atoms with van der Waals surface area (Å²) in [6, 6.07) is 2.04. The van der Waals surface area contributed by atoms with E-state index in [1.54, 1.807) is 24.3 Å². The Labute approximate surface area is 133 Å². The van der Waals surface area contributed by atoms with Crippen LogP contribution in [0.1, 0.15) is 13.8 Å². The molecule has 0 radical (unpaired) electrons. The highest BCUT2D eigenvalue weighted by Gasteiger charge is 2.15. The van der Waals surface area contributed by atoms with Crippen molar-refractivity contribution in [2.45, 2.75) is 25.9 Å². The van der Waals surface area contributed by atoms with Gasteiger partial charge in [0.15, 0.2) is 5.50 Å². The summed E-state index contributed by atoms with van der Waals surface area (Å²) >= 11 is 1.66. The minimum Gasteiger partial charge on any atom is -0.358 e. The lowest BCUT2D eigenvalue weighted by molar-refractivity contribution is 0.627. The zero-order valence-corrected chi connectivity index (χ0v) is 14.0. The van der Waals surface area contributed by atoms with Gasteiger partial charge in [-0.2, -0.15) is 0 Å². The molecule has 22 heavy (non-hydrogen) atoms. The van der Waals surface area contributed by atoms with Crippen molar-refractivity contribution in [2.24, 2.45) is 12.0 Å². The number of pyridine rings is 1. The molecule has 1 aliphatic rings. The maximum absolute atomic E-state index is 8.57. The average Bonchev–Trinajstić information content (AvgIpc) is 2.92. The van der Waals surface area contributed by atoms with Gasteiger partial charge in [0, 0.05) is 30.1 Å². The molecule has 1 atom stereocenters. The third-order valence-corrected chi connectivity index (χ3v) is 4.60. The fourth-order valence-corrected chi connectivity index (χ4v) is 3.23. The van der Waals surface area contributed by atoms with Gasteiger partial charge in [-0.1, -0.05) is 0 Å². The molecule has 6 nitrogen and oxygen atoms in total. The van der Waals surface area contributed by atoms with Crippen molar-refractivity contribution >= 4 is 17.5 Å². The molecule has 0 saturated carbocycles. The maximum Gasteiger partial charge on any atom is 0.168 e. The SMILES string of the molecule is CCn1c(=N)c(-c2cncn2C)cc2c1=NC(SC)NC=2C. The zero-order valence-electron chi connectivity index (χ0n) is 13.2. The largest absolute Gasteiger partial charge is 0.358 e. The molecular weight excluding hydrogens is 296 g/mol. The van der Waals surface area contributed by atoms with E-state index in [-0.39, 0.29) is 5.50 Å². The molecule has 0 fully saturated rings. The van der Waals surface area contributed by atoms with Crippen LogP contribution in [0.15, 0.2) is 23.6 Å². The Bertz CT molecular complexity index is 892. The predicted molar refractivity (Wildman–Crippen MR) is 88.5 cm³/mol. The topological polar surface area (TPSA) is 71.0 Å². The third-order valence-electron chi connectivity index (χ3n) is 3.93. The normalized spacial score (nSPS) is 16.9. The summed E-state index contributed by atoms with van der Waals surface area (Å²) in [7, 11) is 1.94. The quantitative estimate of drug-likeness (QED) is 0.860. The van der Waals surface area contributed by atoms with Crippen molar-refractivity contribution < 1.29 is 0 Å². The van der Waals surface area contributed by atoms with Crippen LogP contribution in [-0.2, 0) is 13.6 Å². The average molecular weight is 316 g/mol. The smallest absolute Gasteiger partial charge is 0.168 e. The Kier molecular flexibility index (Phi) is 3.82. The second kappa shape index (κ2) is 5.64. The zero-order chi connectivity index (χ0) is 15.9. The van der Waals surface area contributed by atoms with Crippen LogP contribution in [0, 0.1) is 5.41 Å². The number of hydrogen-bond donors (Lipinski definition) is 2. The first-order valence-electron chi connectivity index (χ1n) is 7.20. The Morgan fingerprint density at radius 2 is 2.23 bits per heavy atom. The van der Waals surface area contributed by atoms with Crippen molar-refractivity contribution in [1.29, 1.82) is 5.41 Å². The summed E-state index contributed by atoms with van der Waals surface area (Å²) < 4.78 is 3.90. The van der Waals surface area contributed by atoms with Gasteiger partial charge in [-0.3, -0.25) is 5.41 Å². The first-order chi connectivity index (χ1) is 10.6. The van der Waals surface area contributed by atoms with Gasteiger partial charge < -0.3 is 14.5 Å². The Balaban J connectivity index is 2.41. The fraction of sp³-hybridized carbons (Fsp3) is 0.400. The molecular formula is C15H20N6S. The van der Waals surface area contributed by atoms with Crippen molar-refractivity contribution in [3.8, 4) is 11.3 Å². The lowest BCUT2D eigenvalue weighted by Gasteiger charge is -2.21. The number of thioether (sulfide) groups is 1. The minimum atomic E-state index is 0.00672. The predicted octanol–water partition coefficient (Wildman–Crippen LogP) is 0.385. The summed E-state index contributed by atoms with van der Waals surface area (Å²) in [5.41, 5.74) is 4.27. The van der Waals surface area contributed by atoms with E-state index < -0.39 is 0 Å². The molecule has 3 heterocycles. The third kappa shape index (κ3) is 2.25. The van der Waals surface area contributed by atoms with Crippen LogP contribution >= 0.6 is 11.8 Å². The first-order valence-corrected chi connectivity index (χ1v) is 8.48. The lowest BCUT2D eigenvalue weighted by Crippen LogP contribution is -2.50.